The number of aromatic nitrogens is 2. The van der Waals surface area contributed by atoms with Crippen LogP contribution in [0.1, 0.15) is 17.3 Å². The number of hydrazine groups is 1. The van der Waals surface area contributed by atoms with Crippen LogP contribution < -0.4 is 16.0 Å². The summed E-state index contributed by atoms with van der Waals surface area (Å²) >= 11 is 5.99. The Labute approximate surface area is 117 Å². The van der Waals surface area contributed by atoms with Gasteiger partial charge in [-0.25, -0.2) is 0 Å². The lowest BCUT2D eigenvalue weighted by molar-refractivity contribution is 0.394. The van der Waals surface area contributed by atoms with E-state index in [4.69, 9.17) is 22.2 Å². The van der Waals surface area contributed by atoms with Gasteiger partial charge in [0.1, 0.15) is 0 Å². The SMILES string of the molecule is COc1cnn(C)c1C(Cc1cccc(Cl)c1)NN. The zero-order valence-corrected chi connectivity index (χ0v) is 11.7. The number of aryl methyl sites for hydroxylation is 1. The monoisotopic (exact) mass is 280 g/mol. The number of nitrogens with one attached hydrogen (secondary N) is 1. The van der Waals surface area contributed by atoms with E-state index >= 15 is 0 Å². The molecule has 0 radical (unpaired) electrons. The molecule has 1 heterocycles. The maximum Gasteiger partial charge on any atom is 0.161 e. The summed E-state index contributed by atoms with van der Waals surface area (Å²) in [5, 5.41) is 4.90. The number of methoxy groups -OCH3 is 1. The van der Waals surface area contributed by atoms with E-state index in [1.54, 1.807) is 18.0 Å². The fourth-order valence-electron chi connectivity index (χ4n) is 2.12. The molecule has 0 saturated carbocycles. The number of halogens is 1. The number of nitrogens with zero attached hydrogens (tertiary/aromatic N) is 2. The molecule has 0 saturated heterocycles. The van der Waals surface area contributed by atoms with Gasteiger partial charge in [0.05, 0.1) is 25.0 Å². The van der Waals surface area contributed by atoms with Crippen LogP contribution in [0.25, 0.3) is 0 Å². The molecule has 0 aliphatic rings. The minimum atomic E-state index is -0.0964. The normalized spacial score (nSPS) is 12.4. The summed E-state index contributed by atoms with van der Waals surface area (Å²) in [6.07, 6.45) is 2.38. The number of benzene rings is 1. The molecular weight excluding hydrogens is 264 g/mol. The smallest absolute Gasteiger partial charge is 0.161 e. The fraction of sp³-hybridized carbons (Fsp3) is 0.308. The molecule has 2 rings (SSSR count). The minimum Gasteiger partial charge on any atom is -0.493 e. The number of nitrogens with two attached hydrogens (primary N) is 1. The summed E-state index contributed by atoms with van der Waals surface area (Å²) < 4.78 is 7.06. The fourth-order valence-corrected chi connectivity index (χ4v) is 2.33. The molecule has 1 aromatic carbocycles. The van der Waals surface area contributed by atoms with Gasteiger partial charge in [0.15, 0.2) is 5.75 Å². The van der Waals surface area contributed by atoms with Crippen LogP contribution in [0.4, 0.5) is 0 Å². The van der Waals surface area contributed by atoms with Crippen LogP contribution >= 0.6 is 11.6 Å². The predicted molar refractivity (Wildman–Crippen MR) is 75.0 cm³/mol. The van der Waals surface area contributed by atoms with Gasteiger partial charge in [0, 0.05) is 12.1 Å². The van der Waals surface area contributed by atoms with E-state index in [0.29, 0.717) is 17.2 Å². The number of ether oxygens (including phenoxy) is 1. The molecule has 0 spiro atoms. The summed E-state index contributed by atoms with van der Waals surface area (Å²) in [5.41, 5.74) is 4.81. The lowest BCUT2D eigenvalue weighted by atomic mass is 10.0. The molecule has 0 bridgehead atoms. The van der Waals surface area contributed by atoms with E-state index in [0.717, 1.165) is 11.3 Å². The number of rotatable bonds is 5. The summed E-state index contributed by atoms with van der Waals surface area (Å²) in [6.45, 7) is 0. The van der Waals surface area contributed by atoms with Crippen LogP contribution in [0.3, 0.4) is 0 Å². The van der Waals surface area contributed by atoms with Crippen molar-refractivity contribution in [1.82, 2.24) is 15.2 Å². The Morgan fingerprint density at radius 3 is 2.95 bits per heavy atom. The molecule has 0 aliphatic heterocycles. The first-order valence-corrected chi connectivity index (χ1v) is 6.30. The van der Waals surface area contributed by atoms with Crippen molar-refractivity contribution in [3.05, 3.63) is 46.7 Å². The molecule has 0 fully saturated rings. The third-order valence-corrected chi connectivity index (χ3v) is 3.26. The Bertz CT molecular complexity index is 555. The Hall–Kier alpha value is -1.56. The summed E-state index contributed by atoms with van der Waals surface area (Å²) in [4.78, 5) is 0. The predicted octanol–water partition coefficient (Wildman–Crippen LogP) is 1.83. The highest BCUT2D eigenvalue weighted by Gasteiger charge is 2.20. The van der Waals surface area contributed by atoms with Crippen molar-refractivity contribution in [2.45, 2.75) is 12.5 Å². The maximum absolute atomic E-state index is 5.99. The Morgan fingerprint density at radius 1 is 1.53 bits per heavy atom. The van der Waals surface area contributed by atoms with Gasteiger partial charge < -0.3 is 4.74 Å². The lowest BCUT2D eigenvalue weighted by Crippen LogP contribution is -2.31. The van der Waals surface area contributed by atoms with Crippen molar-refractivity contribution in [3.8, 4) is 5.75 Å². The first-order valence-electron chi connectivity index (χ1n) is 5.92. The summed E-state index contributed by atoms with van der Waals surface area (Å²) in [6, 6.07) is 7.61. The zero-order chi connectivity index (χ0) is 13.8. The lowest BCUT2D eigenvalue weighted by Gasteiger charge is -2.18. The van der Waals surface area contributed by atoms with E-state index in [2.05, 4.69) is 10.5 Å². The van der Waals surface area contributed by atoms with Crippen molar-refractivity contribution >= 4 is 11.6 Å². The van der Waals surface area contributed by atoms with Gasteiger partial charge >= 0.3 is 0 Å². The standard InChI is InChI=1S/C13H17ClN4O/c1-18-13(12(19-2)8-16-18)11(17-15)7-9-4-3-5-10(14)6-9/h3-6,8,11,17H,7,15H2,1-2H3. The van der Waals surface area contributed by atoms with Crippen LogP contribution in [-0.4, -0.2) is 16.9 Å². The van der Waals surface area contributed by atoms with Crippen LogP contribution in [-0.2, 0) is 13.5 Å². The van der Waals surface area contributed by atoms with Crippen LogP contribution in [0.15, 0.2) is 30.5 Å². The number of hydrogen-bond acceptors (Lipinski definition) is 4. The van der Waals surface area contributed by atoms with Gasteiger partial charge in [-0.3, -0.25) is 16.0 Å². The highest BCUT2D eigenvalue weighted by molar-refractivity contribution is 6.30. The van der Waals surface area contributed by atoms with Crippen molar-refractivity contribution in [1.29, 1.82) is 0 Å². The van der Waals surface area contributed by atoms with Crippen molar-refractivity contribution in [2.24, 2.45) is 12.9 Å². The second-order valence-electron chi connectivity index (χ2n) is 4.28. The van der Waals surface area contributed by atoms with Gasteiger partial charge in [-0.1, -0.05) is 23.7 Å². The Morgan fingerprint density at radius 2 is 2.32 bits per heavy atom. The average molecular weight is 281 g/mol. The molecule has 3 N–H and O–H groups in total. The molecule has 19 heavy (non-hydrogen) atoms. The molecule has 1 atom stereocenters. The molecule has 5 nitrogen and oxygen atoms in total. The molecule has 2 aromatic rings. The Kier molecular flexibility index (Phi) is 4.42. The molecule has 1 aromatic heterocycles. The van der Waals surface area contributed by atoms with Crippen molar-refractivity contribution in [3.63, 3.8) is 0 Å². The van der Waals surface area contributed by atoms with Crippen LogP contribution in [0.2, 0.25) is 5.02 Å². The van der Waals surface area contributed by atoms with Gasteiger partial charge in [-0.05, 0) is 24.1 Å². The van der Waals surface area contributed by atoms with Gasteiger partial charge in [0.2, 0.25) is 0 Å². The second kappa shape index (κ2) is 6.06. The number of hydrogen-bond donors (Lipinski definition) is 2. The quantitative estimate of drug-likeness (QED) is 0.648. The van der Waals surface area contributed by atoms with E-state index < -0.39 is 0 Å². The van der Waals surface area contributed by atoms with Crippen molar-refractivity contribution in [2.75, 3.05) is 7.11 Å². The molecular formula is C13H17ClN4O. The largest absolute Gasteiger partial charge is 0.493 e. The van der Waals surface area contributed by atoms with E-state index in [1.807, 2.05) is 31.3 Å². The topological polar surface area (TPSA) is 65.1 Å². The van der Waals surface area contributed by atoms with Gasteiger partial charge in [-0.15, -0.1) is 0 Å². The molecule has 0 amide bonds. The molecule has 0 aliphatic carbocycles. The van der Waals surface area contributed by atoms with Gasteiger partial charge in [-0.2, -0.15) is 5.10 Å². The zero-order valence-electron chi connectivity index (χ0n) is 10.9. The highest BCUT2D eigenvalue weighted by Crippen LogP contribution is 2.27. The molecule has 102 valence electrons. The second-order valence-corrected chi connectivity index (χ2v) is 4.71. The van der Waals surface area contributed by atoms with Crippen LogP contribution in [0.5, 0.6) is 5.75 Å². The van der Waals surface area contributed by atoms with E-state index in [-0.39, 0.29) is 6.04 Å². The maximum atomic E-state index is 5.99. The van der Waals surface area contributed by atoms with E-state index in [9.17, 15) is 0 Å². The first-order chi connectivity index (χ1) is 9.15. The van der Waals surface area contributed by atoms with Gasteiger partial charge in [0.25, 0.3) is 0 Å². The van der Waals surface area contributed by atoms with Crippen LogP contribution in [0, 0.1) is 0 Å². The first kappa shape index (κ1) is 13.9. The van der Waals surface area contributed by atoms with E-state index in [1.165, 1.54) is 0 Å². The minimum absolute atomic E-state index is 0.0964. The average Bonchev–Trinajstić information content (AvgIpc) is 2.77. The van der Waals surface area contributed by atoms with Crippen molar-refractivity contribution < 1.29 is 4.74 Å². The highest BCUT2D eigenvalue weighted by atomic mass is 35.5. The summed E-state index contributed by atoms with van der Waals surface area (Å²) in [7, 11) is 3.48. The summed E-state index contributed by atoms with van der Waals surface area (Å²) in [5.74, 6) is 6.38. The molecule has 1 unspecified atom stereocenters. The Balaban J connectivity index is 2.27. The third kappa shape index (κ3) is 3.07. The molecule has 6 heteroatoms. The third-order valence-electron chi connectivity index (χ3n) is 3.03.